The minimum atomic E-state index is -0.137. The fourth-order valence-corrected chi connectivity index (χ4v) is 4.46. The standard InChI is InChI=1S/C23H29N5O5/c1-17(29)27-8-10-28(11-9-27)23(30)19-15-31-22(24-19)14-26-6-4-25(5-7-26)13-18-2-3-20-21(12-18)33-16-32-20/h2-3,12,15H,4-11,13-14,16H2,1H3. The molecule has 1 aromatic heterocycles. The number of hydrogen-bond acceptors (Lipinski definition) is 8. The maximum absolute atomic E-state index is 12.7. The normalized spacial score (nSPS) is 19.2. The summed E-state index contributed by atoms with van der Waals surface area (Å²) < 4.78 is 16.5. The van der Waals surface area contributed by atoms with Gasteiger partial charge in [0.05, 0.1) is 6.54 Å². The Hall–Kier alpha value is -3.11. The van der Waals surface area contributed by atoms with Crippen molar-refractivity contribution in [1.29, 1.82) is 0 Å². The third-order valence-corrected chi connectivity index (χ3v) is 6.45. The van der Waals surface area contributed by atoms with E-state index in [4.69, 9.17) is 13.9 Å². The fraction of sp³-hybridized carbons (Fsp3) is 0.522. The third-order valence-electron chi connectivity index (χ3n) is 6.45. The Kier molecular flexibility index (Phi) is 6.19. The molecule has 1 aromatic carbocycles. The van der Waals surface area contributed by atoms with E-state index in [1.165, 1.54) is 11.8 Å². The van der Waals surface area contributed by atoms with Crippen LogP contribution in [-0.4, -0.2) is 95.5 Å². The molecule has 3 aliphatic rings. The number of piperazine rings is 2. The van der Waals surface area contributed by atoms with Crippen molar-refractivity contribution in [3.63, 3.8) is 0 Å². The summed E-state index contributed by atoms with van der Waals surface area (Å²) >= 11 is 0. The molecule has 0 unspecified atom stereocenters. The quantitative estimate of drug-likeness (QED) is 0.660. The minimum absolute atomic E-state index is 0.0433. The highest BCUT2D eigenvalue weighted by Crippen LogP contribution is 2.32. The highest BCUT2D eigenvalue weighted by Gasteiger charge is 2.26. The molecular formula is C23H29N5O5. The smallest absolute Gasteiger partial charge is 0.275 e. The number of oxazole rings is 1. The van der Waals surface area contributed by atoms with E-state index in [-0.39, 0.29) is 11.8 Å². The van der Waals surface area contributed by atoms with Gasteiger partial charge in [0, 0.05) is 65.8 Å². The van der Waals surface area contributed by atoms with Crippen LogP contribution < -0.4 is 9.47 Å². The number of aromatic nitrogens is 1. The molecule has 10 nitrogen and oxygen atoms in total. The molecule has 2 aromatic rings. The molecule has 0 aliphatic carbocycles. The second-order valence-corrected chi connectivity index (χ2v) is 8.66. The molecule has 0 atom stereocenters. The van der Waals surface area contributed by atoms with Crippen LogP contribution in [0.4, 0.5) is 0 Å². The Bertz CT molecular complexity index is 1010. The summed E-state index contributed by atoms with van der Waals surface area (Å²) in [5.74, 6) is 2.10. The van der Waals surface area contributed by atoms with Gasteiger partial charge in [0.1, 0.15) is 6.26 Å². The summed E-state index contributed by atoms with van der Waals surface area (Å²) in [6.45, 7) is 9.17. The van der Waals surface area contributed by atoms with Crippen LogP contribution in [0.15, 0.2) is 28.9 Å². The lowest BCUT2D eigenvalue weighted by atomic mass is 10.1. The molecular weight excluding hydrogens is 426 g/mol. The molecule has 4 heterocycles. The van der Waals surface area contributed by atoms with E-state index in [0.29, 0.717) is 51.1 Å². The van der Waals surface area contributed by atoms with Crippen LogP contribution in [0.3, 0.4) is 0 Å². The lowest BCUT2D eigenvalue weighted by molar-refractivity contribution is -0.130. The molecule has 0 saturated carbocycles. The zero-order chi connectivity index (χ0) is 22.8. The third kappa shape index (κ3) is 4.96. The number of benzene rings is 1. The van der Waals surface area contributed by atoms with Gasteiger partial charge in [0.25, 0.3) is 5.91 Å². The number of amides is 2. The van der Waals surface area contributed by atoms with Gasteiger partial charge in [-0.3, -0.25) is 19.4 Å². The number of carbonyl (C=O) groups is 2. The van der Waals surface area contributed by atoms with Gasteiger partial charge in [-0.25, -0.2) is 4.98 Å². The topological polar surface area (TPSA) is 91.6 Å². The molecule has 0 spiro atoms. The molecule has 0 N–H and O–H groups in total. The minimum Gasteiger partial charge on any atom is -0.454 e. The lowest BCUT2D eigenvalue weighted by Crippen LogP contribution is -2.50. The number of ether oxygens (including phenoxy) is 2. The number of fused-ring (bicyclic) bond motifs is 1. The van der Waals surface area contributed by atoms with Crippen molar-refractivity contribution < 1.29 is 23.5 Å². The van der Waals surface area contributed by atoms with E-state index >= 15 is 0 Å². The monoisotopic (exact) mass is 455 g/mol. The van der Waals surface area contributed by atoms with E-state index < -0.39 is 0 Å². The van der Waals surface area contributed by atoms with Gasteiger partial charge in [-0.15, -0.1) is 0 Å². The Morgan fingerprint density at radius 1 is 0.879 bits per heavy atom. The Morgan fingerprint density at radius 2 is 1.55 bits per heavy atom. The first kappa shape index (κ1) is 21.7. The second kappa shape index (κ2) is 9.40. The van der Waals surface area contributed by atoms with Crippen molar-refractivity contribution in [2.24, 2.45) is 0 Å². The van der Waals surface area contributed by atoms with Gasteiger partial charge < -0.3 is 23.7 Å². The molecule has 10 heteroatoms. The first-order valence-corrected chi connectivity index (χ1v) is 11.4. The van der Waals surface area contributed by atoms with E-state index in [0.717, 1.165) is 44.2 Å². The van der Waals surface area contributed by atoms with Crippen molar-refractivity contribution in [1.82, 2.24) is 24.6 Å². The maximum atomic E-state index is 12.7. The average Bonchev–Trinajstić information content (AvgIpc) is 3.49. The van der Waals surface area contributed by atoms with Crippen LogP contribution in [0.1, 0.15) is 28.9 Å². The van der Waals surface area contributed by atoms with Crippen LogP contribution in [0.2, 0.25) is 0 Å². The summed E-state index contributed by atoms with van der Waals surface area (Å²) in [6.07, 6.45) is 1.45. The van der Waals surface area contributed by atoms with E-state index in [1.807, 2.05) is 6.07 Å². The molecule has 2 fully saturated rings. The predicted octanol–water partition coefficient (Wildman–Crippen LogP) is 1.03. The van der Waals surface area contributed by atoms with Crippen LogP contribution in [0.25, 0.3) is 0 Å². The number of nitrogens with zero attached hydrogens (tertiary/aromatic N) is 5. The highest BCUT2D eigenvalue weighted by molar-refractivity contribution is 5.92. The van der Waals surface area contributed by atoms with Gasteiger partial charge in [-0.05, 0) is 17.7 Å². The number of carbonyl (C=O) groups excluding carboxylic acids is 2. The molecule has 2 saturated heterocycles. The van der Waals surface area contributed by atoms with E-state index in [1.54, 1.807) is 16.7 Å². The Morgan fingerprint density at radius 3 is 2.27 bits per heavy atom. The van der Waals surface area contributed by atoms with Crippen molar-refractivity contribution in [3.8, 4) is 11.5 Å². The molecule has 0 bridgehead atoms. The van der Waals surface area contributed by atoms with Crippen LogP contribution >= 0.6 is 0 Å². The van der Waals surface area contributed by atoms with Gasteiger partial charge in [0.2, 0.25) is 18.6 Å². The van der Waals surface area contributed by atoms with Crippen LogP contribution in [0, 0.1) is 0 Å². The lowest BCUT2D eigenvalue weighted by Gasteiger charge is -2.34. The first-order chi connectivity index (χ1) is 16.0. The maximum Gasteiger partial charge on any atom is 0.275 e. The van der Waals surface area contributed by atoms with E-state index in [2.05, 4.69) is 26.9 Å². The van der Waals surface area contributed by atoms with E-state index in [9.17, 15) is 9.59 Å². The summed E-state index contributed by atoms with van der Waals surface area (Å²) in [6, 6.07) is 6.11. The molecule has 0 radical (unpaired) electrons. The Labute approximate surface area is 192 Å². The van der Waals surface area contributed by atoms with Crippen LogP contribution in [-0.2, 0) is 17.9 Å². The molecule has 176 valence electrons. The first-order valence-electron chi connectivity index (χ1n) is 11.4. The summed E-state index contributed by atoms with van der Waals surface area (Å²) in [4.78, 5) is 36.8. The van der Waals surface area contributed by atoms with Crippen molar-refractivity contribution in [2.75, 3.05) is 59.2 Å². The molecule has 5 rings (SSSR count). The van der Waals surface area contributed by atoms with Crippen molar-refractivity contribution in [2.45, 2.75) is 20.0 Å². The van der Waals surface area contributed by atoms with Crippen molar-refractivity contribution in [3.05, 3.63) is 41.6 Å². The van der Waals surface area contributed by atoms with Gasteiger partial charge >= 0.3 is 0 Å². The predicted molar refractivity (Wildman–Crippen MR) is 118 cm³/mol. The number of rotatable bonds is 5. The second-order valence-electron chi connectivity index (χ2n) is 8.66. The SMILES string of the molecule is CC(=O)N1CCN(C(=O)c2coc(CN3CCN(Cc4ccc5c(c4)OCO5)CC3)n2)CC1. The summed E-state index contributed by atoms with van der Waals surface area (Å²) in [5.41, 5.74) is 1.55. The molecule has 3 aliphatic heterocycles. The summed E-state index contributed by atoms with van der Waals surface area (Å²) in [5, 5.41) is 0. The molecule has 2 amide bonds. The number of hydrogen-bond donors (Lipinski definition) is 0. The average molecular weight is 456 g/mol. The molecule has 33 heavy (non-hydrogen) atoms. The van der Waals surface area contributed by atoms with Crippen molar-refractivity contribution >= 4 is 11.8 Å². The van der Waals surface area contributed by atoms with Gasteiger partial charge in [-0.1, -0.05) is 6.07 Å². The zero-order valence-corrected chi connectivity index (χ0v) is 18.9. The zero-order valence-electron chi connectivity index (χ0n) is 18.9. The summed E-state index contributed by atoms with van der Waals surface area (Å²) in [7, 11) is 0. The van der Waals surface area contributed by atoms with Crippen LogP contribution in [0.5, 0.6) is 11.5 Å². The van der Waals surface area contributed by atoms with Gasteiger partial charge in [0.15, 0.2) is 17.2 Å². The van der Waals surface area contributed by atoms with Gasteiger partial charge in [-0.2, -0.15) is 0 Å². The Balaban J connectivity index is 1.09. The highest BCUT2D eigenvalue weighted by atomic mass is 16.7. The fourth-order valence-electron chi connectivity index (χ4n) is 4.46. The largest absolute Gasteiger partial charge is 0.454 e.